The van der Waals surface area contributed by atoms with E-state index in [1.807, 2.05) is 20.8 Å². The SMILES string of the molecule is CC(C)(C)OC(=O)NC1C2CN(C(=O)c3ccc(O)cc3O)CC21. The number of alkyl carbamates (subject to hydrolysis) is 1. The zero-order valence-corrected chi connectivity index (χ0v) is 13.9. The number of rotatable bonds is 2. The summed E-state index contributed by atoms with van der Waals surface area (Å²) in [6.45, 7) is 6.50. The van der Waals surface area contributed by atoms with Crippen LogP contribution in [0.25, 0.3) is 0 Å². The van der Waals surface area contributed by atoms with Crippen molar-refractivity contribution in [3.8, 4) is 11.5 Å². The average Bonchev–Trinajstić information content (AvgIpc) is 2.90. The van der Waals surface area contributed by atoms with Crippen molar-refractivity contribution in [2.75, 3.05) is 13.1 Å². The van der Waals surface area contributed by atoms with E-state index in [1.165, 1.54) is 12.1 Å². The number of nitrogens with one attached hydrogen (secondary N) is 1. The number of benzene rings is 1. The van der Waals surface area contributed by atoms with Gasteiger partial charge < -0.3 is 25.2 Å². The third-order valence-corrected chi connectivity index (χ3v) is 4.38. The Morgan fingerprint density at radius 2 is 1.83 bits per heavy atom. The number of ether oxygens (including phenoxy) is 1. The van der Waals surface area contributed by atoms with E-state index in [1.54, 1.807) is 4.90 Å². The first-order valence-corrected chi connectivity index (χ1v) is 7.96. The van der Waals surface area contributed by atoms with Crippen LogP contribution in [0, 0.1) is 11.8 Å². The number of phenols is 2. The summed E-state index contributed by atoms with van der Waals surface area (Å²) in [5, 5.41) is 21.9. The van der Waals surface area contributed by atoms with Crippen LogP contribution in [-0.2, 0) is 4.74 Å². The van der Waals surface area contributed by atoms with Crippen molar-refractivity contribution in [2.45, 2.75) is 32.4 Å². The molecule has 2 aliphatic rings. The van der Waals surface area contributed by atoms with Gasteiger partial charge in [-0.05, 0) is 32.9 Å². The van der Waals surface area contributed by atoms with E-state index >= 15 is 0 Å². The lowest BCUT2D eigenvalue weighted by Gasteiger charge is -2.22. The van der Waals surface area contributed by atoms with Gasteiger partial charge in [-0.15, -0.1) is 0 Å². The van der Waals surface area contributed by atoms with E-state index in [0.29, 0.717) is 13.1 Å². The van der Waals surface area contributed by atoms with Crippen LogP contribution < -0.4 is 5.32 Å². The molecule has 0 aromatic heterocycles. The molecular formula is C17H22N2O5. The Balaban J connectivity index is 1.54. The van der Waals surface area contributed by atoms with Crippen LogP contribution in [0.4, 0.5) is 4.79 Å². The Morgan fingerprint density at radius 1 is 1.21 bits per heavy atom. The molecule has 0 bridgehead atoms. The molecule has 7 heteroatoms. The Bertz CT molecular complexity index is 670. The minimum Gasteiger partial charge on any atom is -0.508 e. The first-order chi connectivity index (χ1) is 11.2. The molecule has 3 N–H and O–H groups in total. The third kappa shape index (κ3) is 3.25. The molecule has 2 atom stereocenters. The predicted molar refractivity (Wildman–Crippen MR) is 85.8 cm³/mol. The summed E-state index contributed by atoms with van der Waals surface area (Å²) in [7, 11) is 0. The fourth-order valence-electron chi connectivity index (χ4n) is 3.22. The fraction of sp³-hybridized carbons (Fsp3) is 0.529. The first-order valence-electron chi connectivity index (χ1n) is 7.96. The second-order valence-corrected chi connectivity index (χ2v) is 7.41. The van der Waals surface area contributed by atoms with Gasteiger partial charge in [-0.25, -0.2) is 4.79 Å². The quantitative estimate of drug-likeness (QED) is 0.764. The Morgan fingerprint density at radius 3 is 2.38 bits per heavy atom. The van der Waals surface area contributed by atoms with Crippen molar-refractivity contribution in [1.29, 1.82) is 0 Å². The lowest BCUT2D eigenvalue weighted by molar-refractivity contribution is 0.0513. The molecule has 0 radical (unpaired) electrons. The van der Waals surface area contributed by atoms with Gasteiger partial charge in [-0.1, -0.05) is 0 Å². The number of hydrogen-bond acceptors (Lipinski definition) is 5. The van der Waals surface area contributed by atoms with Crippen molar-refractivity contribution < 1.29 is 24.5 Å². The molecule has 1 aromatic carbocycles. The highest BCUT2D eigenvalue weighted by atomic mass is 16.6. The molecule has 1 heterocycles. The van der Waals surface area contributed by atoms with Gasteiger partial charge in [-0.2, -0.15) is 0 Å². The summed E-state index contributed by atoms with van der Waals surface area (Å²) in [4.78, 5) is 25.9. The molecule has 0 spiro atoms. The van der Waals surface area contributed by atoms with Crippen LogP contribution in [0.3, 0.4) is 0 Å². The van der Waals surface area contributed by atoms with E-state index in [-0.39, 0.29) is 40.8 Å². The maximum Gasteiger partial charge on any atom is 0.407 e. The van der Waals surface area contributed by atoms with Gasteiger partial charge in [0.05, 0.1) is 5.56 Å². The van der Waals surface area contributed by atoms with Crippen molar-refractivity contribution >= 4 is 12.0 Å². The molecule has 1 saturated carbocycles. The van der Waals surface area contributed by atoms with Gasteiger partial charge in [-0.3, -0.25) is 4.79 Å². The summed E-state index contributed by atoms with van der Waals surface area (Å²) in [6, 6.07) is 3.97. The summed E-state index contributed by atoms with van der Waals surface area (Å²) < 4.78 is 5.24. The van der Waals surface area contributed by atoms with E-state index in [2.05, 4.69) is 5.32 Å². The number of piperidine rings is 1. The van der Waals surface area contributed by atoms with Gasteiger partial charge in [0.15, 0.2) is 0 Å². The molecule has 1 aliphatic carbocycles. The lowest BCUT2D eigenvalue weighted by atomic mass is 10.1. The molecule has 1 saturated heterocycles. The molecular weight excluding hydrogens is 312 g/mol. The number of carbonyl (C=O) groups excluding carboxylic acids is 2. The van der Waals surface area contributed by atoms with E-state index in [0.717, 1.165) is 6.07 Å². The Labute approximate surface area is 140 Å². The fourth-order valence-corrected chi connectivity index (χ4v) is 3.22. The first kappa shape index (κ1) is 16.4. The number of likely N-dealkylation sites (tertiary alicyclic amines) is 1. The topological polar surface area (TPSA) is 99.1 Å². The lowest BCUT2D eigenvalue weighted by Crippen LogP contribution is -2.39. The standard InChI is InChI=1S/C17H22N2O5/c1-17(2,3)24-16(23)18-14-11-7-19(8-12(11)14)15(22)10-5-4-9(20)6-13(10)21/h4-6,11-12,14,20-21H,7-8H2,1-3H3,(H,18,23). The normalized spacial score (nSPS) is 25.1. The van der Waals surface area contributed by atoms with Gasteiger partial charge in [0.1, 0.15) is 17.1 Å². The van der Waals surface area contributed by atoms with Crippen LogP contribution in [0.2, 0.25) is 0 Å². The number of aromatic hydroxyl groups is 2. The minimum atomic E-state index is -0.535. The van der Waals surface area contributed by atoms with Crippen LogP contribution in [0.5, 0.6) is 11.5 Å². The van der Waals surface area contributed by atoms with Gasteiger partial charge in [0.2, 0.25) is 0 Å². The number of hydrogen-bond donors (Lipinski definition) is 3. The molecule has 130 valence electrons. The highest BCUT2D eigenvalue weighted by molar-refractivity contribution is 5.97. The smallest absolute Gasteiger partial charge is 0.407 e. The summed E-state index contributed by atoms with van der Waals surface area (Å²) in [5.74, 6) is -0.142. The Hall–Kier alpha value is -2.44. The van der Waals surface area contributed by atoms with E-state index in [4.69, 9.17) is 4.74 Å². The van der Waals surface area contributed by atoms with Crippen LogP contribution >= 0.6 is 0 Å². The molecule has 2 fully saturated rings. The van der Waals surface area contributed by atoms with Crippen molar-refractivity contribution in [3.05, 3.63) is 23.8 Å². The van der Waals surface area contributed by atoms with Gasteiger partial charge >= 0.3 is 6.09 Å². The van der Waals surface area contributed by atoms with Gasteiger partial charge in [0.25, 0.3) is 5.91 Å². The summed E-state index contributed by atoms with van der Waals surface area (Å²) >= 11 is 0. The van der Waals surface area contributed by atoms with Crippen molar-refractivity contribution in [2.24, 2.45) is 11.8 Å². The van der Waals surface area contributed by atoms with Crippen LogP contribution in [0.15, 0.2) is 18.2 Å². The molecule has 1 aromatic rings. The van der Waals surface area contributed by atoms with Crippen molar-refractivity contribution in [1.82, 2.24) is 10.2 Å². The maximum absolute atomic E-state index is 12.4. The maximum atomic E-state index is 12.4. The Kier molecular flexibility index (Phi) is 3.81. The number of phenolic OH excluding ortho intramolecular Hbond substituents is 2. The minimum absolute atomic E-state index is 0.0392. The second-order valence-electron chi connectivity index (χ2n) is 7.41. The van der Waals surface area contributed by atoms with E-state index < -0.39 is 11.7 Å². The molecule has 1 aliphatic heterocycles. The number of carbonyl (C=O) groups is 2. The largest absolute Gasteiger partial charge is 0.508 e. The molecule has 2 unspecified atom stereocenters. The molecule has 3 rings (SSSR count). The van der Waals surface area contributed by atoms with Gasteiger partial charge in [0, 0.05) is 37.0 Å². The second kappa shape index (κ2) is 5.58. The molecule has 24 heavy (non-hydrogen) atoms. The molecule has 2 amide bonds. The number of nitrogens with zero attached hydrogens (tertiary/aromatic N) is 1. The third-order valence-electron chi connectivity index (χ3n) is 4.38. The van der Waals surface area contributed by atoms with E-state index in [9.17, 15) is 19.8 Å². The zero-order chi connectivity index (χ0) is 17.6. The van der Waals surface area contributed by atoms with Crippen LogP contribution in [0.1, 0.15) is 31.1 Å². The van der Waals surface area contributed by atoms with Crippen LogP contribution in [-0.4, -0.2) is 51.8 Å². The number of fused-ring (bicyclic) bond motifs is 1. The number of amides is 2. The summed E-state index contributed by atoms with van der Waals surface area (Å²) in [6.07, 6.45) is -0.434. The molecule has 7 nitrogen and oxygen atoms in total. The average molecular weight is 334 g/mol. The highest BCUT2D eigenvalue weighted by Gasteiger charge is 2.57. The summed E-state index contributed by atoms with van der Waals surface area (Å²) in [5.41, 5.74) is -0.363. The highest BCUT2D eigenvalue weighted by Crippen LogP contribution is 2.46. The zero-order valence-electron chi connectivity index (χ0n) is 13.9. The monoisotopic (exact) mass is 334 g/mol. The predicted octanol–water partition coefficient (Wildman–Crippen LogP) is 1.69. The van der Waals surface area contributed by atoms with Crippen molar-refractivity contribution in [3.63, 3.8) is 0 Å².